The van der Waals surface area contributed by atoms with E-state index in [1.54, 1.807) is 21.0 Å². The van der Waals surface area contributed by atoms with Crippen LogP contribution < -0.4 is 10.2 Å². The van der Waals surface area contributed by atoms with Gasteiger partial charge in [-0.1, -0.05) is 29.5 Å². The minimum Gasteiger partial charge on any atom is -0.362 e. The Morgan fingerprint density at radius 3 is 2.83 bits per heavy atom. The Morgan fingerprint density at radius 1 is 1.33 bits per heavy atom. The summed E-state index contributed by atoms with van der Waals surface area (Å²) in [5.74, 6) is -0.219. The third kappa shape index (κ3) is 3.26. The maximum Gasteiger partial charge on any atom is 0.265 e. The normalized spacial score (nSPS) is 12.9. The number of aryl methyl sites for hydroxylation is 1. The lowest BCUT2D eigenvalue weighted by atomic mass is 10.2. The Morgan fingerprint density at radius 2 is 2.08 bits per heavy atom. The molecule has 1 aromatic heterocycles. The number of para-hydroxylation sites is 1. The Kier molecular flexibility index (Phi) is 4.53. The number of hydrogen-bond acceptors (Lipinski definition) is 5. The number of aromatic nitrogens is 1. The molecule has 126 valence electrons. The van der Waals surface area contributed by atoms with Gasteiger partial charge in [0.25, 0.3) is 5.91 Å². The molecule has 3 rings (SSSR count). The largest absolute Gasteiger partial charge is 0.362 e. The zero-order chi connectivity index (χ0) is 17.3. The van der Waals surface area contributed by atoms with Crippen LogP contribution in [0.2, 0.25) is 0 Å². The van der Waals surface area contributed by atoms with Crippen LogP contribution in [0.3, 0.4) is 0 Å². The van der Waals surface area contributed by atoms with Crippen LogP contribution >= 0.6 is 11.3 Å². The van der Waals surface area contributed by atoms with Gasteiger partial charge in [0.05, 0.1) is 12.2 Å². The fourth-order valence-corrected chi connectivity index (χ4v) is 3.76. The quantitative estimate of drug-likeness (QED) is 0.923. The number of benzene rings is 1. The number of carbonyl (C=O) groups excluding carboxylic acids is 2. The first-order chi connectivity index (χ1) is 11.5. The predicted octanol–water partition coefficient (Wildman–Crippen LogP) is 2.15. The number of hydrogen-bond donors (Lipinski definition) is 1. The number of fused-ring (bicyclic) bond motifs is 1. The van der Waals surface area contributed by atoms with E-state index in [0.717, 1.165) is 18.7 Å². The summed E-state index contributed by atoms with van der Waals surface area (Å²) in [4.78, 5) is 32.8. The summed E-state index contributed by atoms with van der Waals surface area (Å²) in [7, 11) is 3.40. The number of nitrogens with one attached hydrogen (secondary N) is 1. The first-order valence-electron chi connectivity index (χ1n) is 7.77. The summed E-state index contributed by atoms with van der Waals surface area (Å²) in [6, 6.07) is 8.13. The van der Waals surface area contributed by atoms with E-state index < -0.39 is 0 Å². The molecule has 0 atom stereocenters. The molecule has 7 heteroatoms. The fraction of sp³-hybridized carbons (Fsp3) is 0.353. The molecule has 0 bridgehead atoms. The summed E-state index contributed by atoms with van der Waals surface area (Å²) in [6.07, 6.45) is 0.960. The van der Waals surface area contributed by atoms with E-state index in [4.69, 9.17) is 0 Å². The molecule has 2 heterocycles. The van der Waals surface area contributed by atoms with Crippen molar-refractivity contribution >= 4 is 34.0 Å². The minimum absolute atomic E-state index is 0.0982. The van der Waals surface area contributed by atoms with Crippen LogP contribution in [-0.2, 0) is 11.2 Å². The maximum atomic E-state index is 12.3. The Balaban J connectivity index is 1.66. The van der Waals surface area contributed by atoms with Gasteiger partial charge in [-0.25, -0.2) is 4.98 Å². The molecule has 0 radical (unpaired) electrons. The van der Waals surface area contributed by atoms with Crippen LogP contribution in [0.4, 0.5) is 10.8 Å². The second-order valence-corrected chi connectivity index (χ2v) is 6.98. The van der Waals surface area contributed by atoms with Gasteiger partial charge in [-0.2, -0.15) is 0 Å². The van der Waals surface area contributed by atoms with Crippen LogP contribution in [0.5, 0.6) is 0 Å². The maximum absolute atomic E-state index is 12.3. The molecular formula is C17H20N4O2S. The van der Waals surface area contributed by atoms with Gasteiger partial charge in [0.15, 0.2) is 5.13 Å². The SMILES string of the molecule is Cc1nc(NC(=O)CN2CCc3ccccc32)sc1C(=O)N(C)C. The number of carbonyl (C=O) groups is 2. The van der Waals surface area contributed by atoms with E-state index in [1.807, 2.05) is 18.2 Å². The second-order valence-electron chi connectivity index (χ2n) is 5.98. The molecular weight excluding hydrogens is 324 g/mol. The fourth-order valence-electron chi connectivity index (χ4n) is 2.75. The number of amides is 2. The van der Waals surface area contributed by atoms with Crippen molar-refractivity contribution in [3.63, 3.8) is 0 Å². The van der Waals surface area contributed by atoms with Gasteiger partial charge in [0, 0.05) is 26.3 Å². The number of nitrogens with zero attached hydrogens (tertiary/aromatic N) is 3. The van der Waals surface area contributed by atoms with Crippen LogP contribution in [0, 0.1) is 6.92 Å². The lowest BCUT2D eigenvalue weighted by molar-refractivity contribution is -0.115. The lowest BCUT2D eigenvalue weighted by Gasteiger charge is -2.18. The summed E-state index contributed by atoms with van der Waals surface area (Å²) >= 11 is 1.22. The van der Waals surface area contributed by atoms with Crippen molar-refractivity contribution in [1.29, 1.82) is 0 Å². The van der Waals surface area contributed by atoms with Crippen molar-refractivity contribution in [3.8, 4) is 0 Å². The van der Waals surface area contributed by atoms with Gasteiger partial charge in [-0.05, 0) is 25.0 Å². The number of thiazole rings is 1. The lowest BCUT2D eigenvalue weighted by Crippen LogP contribution is -2.31. The number of rotatable bonds is 4. The molecule has 0 spiro atoms. The van der Waals surface area contributed by atoms with E-state index in [-0.39, 0.29) is 18.4 Å². The van der Waals surface area contributed by atoms with Crippen molar-refractivity contribution in [2.45, 2.75) is 13.3 Å². The third-order valence-corrected chi connectivity index (χ3v) is 5.02. The molecule has 0 saturated heterocycles. The summed E-state index contributed by atoms with van der Waals surface area (Å²) in [5.41, 5.74) is 3.03. The van der Waals surface area contributed by atoms with Gasteiger partial charge in [-0.15, -0.1) is 0 Å². The van der Waals surface area contributed by atoms with Gasteiger partial charge >= 0.3 is 0 Å². The van der Waals surface area contributed by atoms with Crippen molar-refractivity contribution in [2.75, 3.05) is 37.4 Å². The molecule has 1 aliphatic rings. The van der Waals surface area contributed by atoms with Crippen LogP contribution in [-0.4, -0.2) is 48.9 Å². The van der Waals surface area contributed by atoms with Crippen molar-refractivity contribution in [1.82, 2.24) is 9.88 Å². The molecule has 1 N–H and O–H groups in total. The molecule has 6 nitrogen and oxygen atoms in total. The monoisotopic (exact) mass is 344 g/mol. The average Bonchev–Trinajstić information content (AvgIpc) is 3.10. The highest BCUT2D eigenvalue weighted by atomic mass is 32.1. The van der Waals surface area contributed by atoms with E-state index in [1.165, 1.54) is 21.8 Å². The summed E-state index contributed by atoms with van der Waals surface area (Å²) in [5, 5.41) is 3.28. The molecule has 0 aliphatic carbocycles. The molecule has 2 amide bonds. The highest BCUT2D eigenvalue weighted by Crippen LogP contribution is 2.27. The van der Waals surface area contributed by atoms with Crippen LogP contribution in [0.15, 0.2) is 24.3 Å². The standard InChI is InChI=1S/C17H20N4O2S/c1-11-15(16(23)20(2)3)24-17(18-11)19-14(22)10-21-9-8-12-6-4-5-7-13(12)21/h4-7H,8-10H2,1-3H3,(H,18,19,22). The molecule has 1 aromatic carbocycles. The molecule has 1 aliphatic heterocycles. The Bertz CT molecular complexity index is 785. The van der Waals surface area contributed by atoms with Crippen LogP contribution in [0.25, 0.3) is 0 Å². The van der Waals surface area contributed by atoms with Crippen molar-refractivity contribution in [3.05, 3.63) is 40.4 Å². The minimum atomic E-state index is -0.121. The van der Waals surface area contributed by atoms with Gasteiger partial charge in [-0.3, -0.25) is 9.59 Å². The topological polar surface area (TPSA) is 65.5 Å². The van der Waals surface area contributed by atoms with Gasteiger partial charge < -0.3 is 15.1 Å². The zero-order valence-electron chi connectivity index (χ0n) is 14.0. The Labute approximate surface area is 145 Å². The highest BCUT2D eigenvalue weighted by molar-refractivity contribution is 7.17. The second kappa shape index (κ2) is 6.60. The first kappa shape index (κ1) is 16.4. The van der Waals surface area contributed by atoms with E-state index in [0.29, 0.717) is 15.7 Å². The van der Waals surface area contributed by atoms with Crippen molar-refractivity contribution < 1.29 is 9.59 Å². The molecule has 2 aromatic rings. The van der Waals surface area contributed by atoms with E-state index >= 15 is 0 Å². The first-order valence-corrected chi connectivity index (χ1v) is 8.59. The third-order valence-electron chi connectivity index (χ3n) is 3.96. The molecule has 24 heavy (non-hydrogen) atoms. The molecule has 0 fully saturated rings. The van der Waals surface area contributed by atoms with Crippen LogP contribution in [0.1, 0.15) is 20.9 Å². The predicted molar refractivity (Wildman–Crippen MR) is 95.9 cm³/mol. The van der Waals surface area contributed by atoms with Crippen molar-refractivity contribution in [2.24, 2.45) is 0 Å². The number of anilines is 2. The summed E-state index contributed by atoms with van der Waals surface area (Å²) < 4.78 is 0. The smallest absolute Gasteiger partial charge is 0.265 e. The molecule has 0 saturated carbocycles. The zero-order valence-corrected chi connectivity index (χ0v) is 14.8. The Hall–Kier alpha value is -2.41. The highest BCUT2D eigenvalue weighted by Gasteiger charge is 2.22. The van der Waals surface area contributed by atoms with E-state index in [2.05, 4.69) is 21.3 Å². The molecule has 0 unspecified atom stereocenters. The van der Waals surface area contributed by atoms with E-state index in [9.17, 15) is 9.59 Å². The summed E-state index contributed by atoms with van der Waals surface area (Å²) in [6.45, 7) is 2.90. The van der Waals surface area contributed by atoms with Gasteiger partial charge in [0.1, 0.15) is 4.88 Å². The average molecular weight is 344 g/mol. The van der Waals surface area contributed by atoms with Gasteiger partial charge in [0.2, 0.25) is 5.91 Å².